The fraction of sp³-hybridized carbons (Fsp3) is 0.167. The average molecular weight is 315 g/mol. The van der Waals surface area contributed by atoms with Crippen molar-refractivity contribution >= 4 is 36.4 Å². The molecule has 2 rings (SSSR count). The van der Waals surface area contributed by atoms with Gasteiger partial charge in [-0.25, -0.2) is 8.42 Å². The van der Waals surface area contributed by atoms with Crippen LogP contribution in [0, 0.1) is 0 Å². The highest BCUT2D eigenvalue weighted by Gasteiger charge is 2.20. The smallest absolute Gasteiger partial charge is 0.294 e. The first kappa shape index (κ1) is 14.8. The number of nitrogens with two attached hydrogens (primary N) is 1. The summed E-state index contributed by atoms with van der Waals surface area (Å²) in [6, 6.07) is 6.59. The Kier molecular flexibility index (Phi) is 3.49. The van der Waals surface area contributed by atoms with E-state index >= 15 is 0 Å². The summed E-state index contributed by atoms with van der Waals surface area (Å²) in [6.07, 6.45) is 0. The van der Waals surface area contributed by atoms with Crippen molar-refractivity contribution in [1.29, 1.82) is 0 Å². The molecule has 108 valence electrons. The third-order valence-corrected chi connectivity index (χ3v) is 5.65. The Balaban J connectivity index is 2.88. The van der Waals surface area contributed by atoms with Crippen LogP contribution in [0.2, 0.25) is 0 Å². The van der Waals surface area contributed by atoms with E-state index in [4.69, 9.17) is 10.3 Å². The van der Waals surface area contributed by atoms with E-state index in [0.717, 1.165) is 6.07 Å². The lowest BCUT2D eigenvalue weighted by molar-refractivity contribution is 0.483. The highest BCUT2D eigenvalue weighted by molar-refractivity contribution is 7.91. The van der Waals surface area contributed by atoms with Gasteiger partial charge >= 0.3 is 0 Å². The van der Waals surface area contributed by atoms with Crippen LogP contribution in [0.4, 0.5) is 5.69 Å². The van der Waals surface area contributed by atoms with E-state index < -0.39 is 20.0 Å². The van der Waals surface area contributed by atoms with Crippen LogP contribution in [0.15, 0.2) is 40.1 Å². The Morgan fingerprint density at radius 2 is 1.75 bits per heavy atom. The maximum atomic E-state index is 12.1. The first-order chi connectivity index (χ1) is 9.16. The molecular formula is C12H13NO5S2. The van der Waals surface area contributed by atoms with Crippen molar-refractivity contribution < 1.29 is 21.4 Å². The predicted octanol–water partition coefficient (Wildman–Crippen LogP) is 1.46. The number of nitrogen functional groups attached to an aromatic ring is 1. The molecule has 0 radical (unpaired) electrons. The van der Waals surface area contributed by atoms with E-state index in [1.54, 1.807) is 0 Å². The van der Waals surface area contributed by atoms with Crippen LogP contribution >= 0.6 is 0 Å². The second-order valence-corrected chi connectivity index (χ2v) is 7.88. The molecule has 20 heavy (non-hydrogen) atoms. The summed E-state index contributed by atoms with van der Waals surface area (Å²) in [5, 5.41) is 0.709. The molecule has 6 nitrogen and oxygen atoms in total. The summed E-state index contributed by atoms with van der Waals surface area (Å²) in [5.74, 6) is -0.115. The van der Waals surface area contributed by atoms with Crippen molar-refractivity contribution in [2.75, 3.05) is 11.5 Å². The van der Waals surface area contributed by atoms with Crippen molar-refractivity contribution in [3.05, 3.63) is 30.3 Å². The number of hydrogen-bond donors (Lipinski definition) is 2. The molecule has 0 aliphatic rings. The van der Waals surface area contributed by atoms with E-state index in [1.165, 1.54) is 31.2 Å². The molecule has 0 heterocycles. The molecule has 0 atom stereocenters. The van der Waals surface area contributed by atoms with Crippen molar-refractivity contribution in [1.82, 2.24) is 0 Å². The van der Waals surface area contributed by atoms with Crippen LogP contribution in [0.1, 0.15) is 6.92 Å². The van der Waals surface area contributed by atoms with Gasteiger partial charge < -0.3 is 5.73 Å². The zero-order valence-corrected chi connectivity index (χ0v) is 12.2. The van der Waals surface area contributed by atoms with E-state index in [9.17, 15) is 16.8 Å². The lowest BCUT2D eigenvalue weighted by atomic mass is 10.1. The molecule has 2 aromatic rings. The maximum Gasteiger partial charge on any atom is 0.294 e. The van der Waals surface area contributed by atoms with E-state index in [-0.39, 0.29) is 21.2 Å². The quantitative estimate of drug-likeness (QED) is 0.654. The van der Waals surface area contributed by atoms with Gasteiger partial charge in [0.05, 0.1) is 21.2 Å². The molecule has 2 aromatic carbocycles. The third kappa shape index (κ3) is 2.49. The number of fused-ring (bicyclic) bond motifs is 1. The summed E-state index contributed by atoms with van der Waals surface area (Å²) in [4.78, 5) is -0.311. The van der Waals surface area contributed by atoms with Gasteiger partial charge in [0.1, 0.15) is 0 Å². The molecule has 0 unspecified atom stereocenters. The maximum absolute atomic E-state index is 12.1. The van der Waals surface area contributed by atoms with Gasteiger partial charge in [-0.2, -0.15) is 8.42 Å². The van der Waals surface area contributed by atoms with Crippen molar-refractivity contribution in [3.63, 3.8) is 0 Å². The summed E-state index contributed by atoms with van der Waals surface area (Å²) in [7, 11) is -7.88. The number of benzene rings is 2. The third-order valence-electron chi connectivity index (χ3n) is 2.96. The second kappa shape index (κ2) is 4.72. The Bertz CT molecular complexity index is 885. The lowest BCUT2D eigenvalue weighted by Crippen LogP contribution is -2.08. The van der Waals surface area contributed by atoms with E-state index in [2.05, 4.69) is 0 Å². The molecule has 8 heteroatoms. The van der Waals surface area contributed by atoms with Crippen molar-refractivity contribution in [2.45, 2.75) is 16.7 Å². The van der Waals surface area contributed by atoms with Gasteiger partial charge in [0.15, 0.2) is 9.84 Å². The molecule has 0 fully saturated rings. The molecule has 0 saturated carbocycles. The first-order valence-electron chi connectivity index (χ1n) is 5.69. The van der Waals surface area contributed by atoms with E-state index in [0.29, 0.717) is 10.8 Å². The standard InChI is InChI=1S/C12H13NO5S2/c1-2-19(14,15)12-10-5-4-9(20(16,17)18)7-8(10)3-6-11(12)13/h3-7H,2,13H2,1H3,(H,16,17,18). The molecule has 0 amide bonds. The first-order valence-corrected chi connectivity index (χ1v) is 8.78. The fourth-order valence-corrected chi connectivity index (χ4v) is 3.70. The molecule has 0 aliphatic carbocycles. The van der Waals surface area contributed by atoms with Crippen LogP contribution in [-0.2, 0) is 20.0 Å². The SMILES string of the molecule is CCS(=O)(=O)c1c(N)ccc2cc(S(=O)(=O)O)ccc12. The predicted molar refractivity (Wildman–Crippen MR) is 75.9 cm³/mol. The molecule has 0 bridgehead atoms. The molecule has 0 spiro atoms. The van der Waals surface area contributed by atoms with Crippen LogP contribution in [0.3, 0.4) is 0 Å². The normalized spacial score (nSPS) is 12.7. The Morgan fingerprint density at radius 3 is 2.30 bits per heavy atom. The summed E-state index contributed by atoms with van der Waals surface area (Å²) in [5.41, 5.74) is 5.84. The lowest BCUT2D eigenvalue weighted by Gasteiger charge is -2.10. The Morgan fingerprint density at radius 1 is 1.10 bits per heavy atom. The van der Waals surface area contributed by atoms with Crippen molar-refractivity contribution in [2.24, 2.45) is 0 Å². The number of hydrogen-bond acceptors (Lipinski definition) is 5. The summed E-state index contributed by atoms with van der Waals surface area (Å²) in [6.45, 7) is 1.50. The van der Waals surface area contributed by atoms with Gasteiger partial charge in [-0.15, -0.1) is 0 Å². The second-order valence-electron chi connectivity index (χ2n) is 4.25. The largest absolute Gasteiger partial charge is 0.398 e. The Labute approximate surface area is 116 Å². The summed E-state index contributed by atoms with van der Waals surface area (Å²) < 4.78 is 55.3. The van der Waals surface area contributed by atoms with Crippen LogP contribution in [0.25, 0.3) is 10.8 Å². The minimum absolute atomic E-state index is 0.0145. The van der Waals surface area contributed by atoms with Gasteiger partial charge in [-0.1, -0.05) is 19.1 Å². The molecule has 3 N–H and O–H groups in total. The topological polar surface area (TPSA) is 115 Å². The summed E-state index contributed by atoms with van der Waals surface area (Å²) >= 11 is 0. The molecule has 0 aliphatic heterocycles. The average Bonchev–Trinajstić information content (AvgIpc) is 2.36. The van der Waals surface area contributed by atoms with Crippen LogP contribution in [-0.4, -0.2) is 27.1 Å². The number of anilines is 1. The monoisotopic (exact) mass is 315 g/mol. The number of rotatable bonds is 3. The van der Waals surface area contributed by atoms with Gasteiger partial charge in [0, 0.05) is 5.39 Å². The Hall–Kier alpha value is -1.64. The van der Waals surface area contributed by atoms with Gasteiger partial charge in [0.25, 0.3) is 10.1 Å². The van der Waals surface area contributed by atoms with Gasteiger partial charge in [-0.05, 0) is 23.6 Å². The van der Waals surface area contributed by atoms with Crippen LogP contribution in [0.5, 0.6) is 0 Å². The van der Waals surface area contributed by atoms with Crippen molar-refractivity contribution in [3.8, 4) is 0 Å². The van der Waals surface area contributed by atoms with Crippen LogP contribution < -0.4 is 5.73 Å². The minimum Gasteiger partial charge on any atom is -0.398 e. The molecular weight excluding hydrogens is 302 g/mol. The fourth-order valence-electron chi connectivity index (χ4n) is 1.95. The molecule has 0 aromatic heterocycles. The van der Waals surface area contributed by atoms with Gasteiger partial charge in [0.2, 0.25) is 0 Å². The highest BCUT2D eigenvalue weighted by atomic mass is 32.2. The zero-order chi connectivity index (χ0) is 15.1. The number of sulfone groups is 1. The van der Waals surface area contributed by atoms with Gasteiger partial charge in [-0.3, -0.25) is 4.55 Å². The van der Waals surface area contributed by atoms with E-state index in [1.807, 2.05) is 0 Å². The zero-order valence-electron chi connectivity index (χ0n) is 10.6. The highest BCUT2D eigenvalue weighted by Crippen LogP contribution is 2.31. The molecule has 0 saturated heterocycles. The minimum atomic E-state index is -4.34.